The van der Waals surface area contributed by atoms with E-state index in [9.17, 15) is 19.8 Å². The van der Waals surface area contributed by atoms with Crippen LogP contribution in [0.1, 0.15) is 90.9 Å². The smallest absolute Gasteiger partial charge is 0.164 e. The molecule has 0 aliphatic rings. The molecule has 0 aromatic carbocycles. The largest absolute Gasteiger partial charge is 0.382 e. The monoisotopic (exact) mass is 359 g/mol. The molecule has 0 bridgehead atoms. The predicted molar refractivity (Wildman–Crippen MR) is 97.8 cm³/mol. The number of unbranched alkanes of at least 4 members (excludes halogenated alkanes) is 8. The summed E-state index contributed by atoms with van der Waals surface area (Å²) in [4.78, 5) is 28.6. The summed E-state index contributed by atoms with van der Waals surface area (Å²) in [5.41, 5.74) is 0. The third kappa shape index (κ3) is 10.7. The van der Waals surface area contributed by atoms with Gasteiger partial charge in [-0.1, -0.05) is 65.2 Å². The highest BCUT2D eigenvalue weighted by molar-refractivity contribution is 5.87. The number of nitrogens with two attached hydrogens (primary N) is 1. The van der Waals surface area contributed by atoms with E-state index in [-0.39, 0.29) is 12.8 Å². The summed E-state index contributed by atoms with van der Waals surface area (Å²) in [6.45, 7) is 4.22. The van der Waals surface area contributed by atoms with Crippen molar-refractivity contribution >= 4 is 11.6 Å². The average Bonchev–Trinajstić information content (AvgIpc) is 2.61. The molecule has 25 heavy (non-hydrogen) atoms. The second-order valence-electron chi connectivity index (χ2n) is 6.75. The zero-order valence-corrected chi connectivity index (χ0v) is 15.9. The molecule has 0 saturated carbocycles. The SMILES string of the molecule is CCCCCCCC(=O)C(O)C(ON)C(O)C(=O)CCCCCCC. The van der Waals surface area contributed by atoms with Crippen molar-refractivity contribution in [3.63, 3.8) is 0 Å². The van der Waals surface area contributed by atoms with E-state index in [1.807, 2.05) is 0 Å². The highest BCUT2D eigenvalue weighted by atomic mass is 16.6. The summed E-state index contributed by atoms with van der Waals surface area (Å²) < 4.78 is 0. The lowest BCUT2D eigenvalue weighted by Crippen LogP contribution is -2.48. The Morgan fingerprint density at radius 1 is 0.760 bits per heavy atom. The van der Waals surface area contributed by atoms with Crippen molar-refractivity contribution in [2.24, 2.45) is 5.90 Å². The molecular weight excluding hydrogens is 322 g/mol. The number of hydrogen-bond donors (Lipinski definition) is 3. The van der Waals surface area contributed by atoms with E-state index < -0.39 is 29.9 Å². The normalized spacial score (nSPS) is 14.9. The van der Waals surface area contributed by atoms with Gasteiger partial charge < -0.3 is 10.2 Å². The second kappa shape index (κ2) is 15.4. The quantitative estimate of drug-likeness (QED) is 0.272. The molecule has 0 saturated heterocycles. The third-order valence-electron chi connectivity index (χ3n) is 4.49. The molecule has 0 fully saturated rings. The van der Waals surface area contributed by atoms with Crippen molar-refractivity contribution in [1.82, 2.24) is 0 Å². The molecule has 148 valence electrons. The molecule has 0 heterocycles. The number of rotatable bonds is 17. The summed E-state index contributed by atoms with van der Waals surface area (Å²) in [6, 6.07) is 0. The van der Waals surface area contributed by atoms with Gasteiger partial charge in [-0.25, -0.2) is 5.90 Å². The van der Waals surface area contributed by atoms with E-state index >= 15 is 0 Å². The van der Waals surface area contributed by atoms with Gasteiger partial charge in [0.05, 0.1) is 0 Å². The Morgan fingerprint density at radius 3 is 1.44 bits per heavy atom. The standard InChI is InChI=1S/C19H37NO5/c1-3-5-7-9-11-13-15(21)17(23)19(25-20)18(24)16(22)14-12-10-8-6-4-2/h17-19,23-24H,3-14,20H2,1-2H3. The number of Topliss-reactive ketones (excluding diaryl/α,β-unsaturated/α-hetero) is 2. The van der Waals surface area contributed by atoms with Crippen LogP contribution in [-0.2, 0) is 14.4 Å². The lowest BCUT2D eigenvalue weighted by Gasteiger charge is -2.24. The first-order chi connectivity index (χ1) is 12.0. The Morgan fingerprint density at radius 2 is 1.12 bits per heavy atom. The minimum atomic E-state index is -1.57. The molecule has 0 spiro atoms. The van der Waals surface area contributed by atoms with Crippen molar-refractivity contribution < 1.29 is 24.6 Å². The first kappa shape index (κ1) is 24.2. The number of ketones is 2. The summed E-state index contributed by atoms with van der Waals surface area (Å²) in [6.07, 6.45) is 5.61. The van der Waals surface area contributed by atoms with Crippen LogP contribution in [0.2, 0.25) is 0 Å². The fraction of sp³-hybridized carbons (Fsp3) is 0.895. The topological polar surface area (TPSA) is 110 Å². The Balaban J connectivity index is 4.27. The Hall–Kier alpha value is -0.820. The summed E-state index contributed by atoms with van der Waals surface area (Å²) in [5, 5.41) is 20.1. The fourth-order valence-corrected chi connectivity index (χ4v) is 2.79. The summed E-state index contributed by atoms with van der Waals surface area (Å²) >= 11 is 0. The molecule has 2 atom stereocenters. The third-order valence-corrected chi connectivity index (χ3v) is 4.49. The van der Waals surface area contributed by atoms with Crippen molar-refractivity contribution in [3.8, 4) is 0 Å². The van der Waals surface area contributed by atoms with Gasteiger partial charge in [0.15, 0.2) is 11.6 Å². The minimum absolute atomic E-state index is 0.197. The van der Waals surface area contributed by atoms with Gasteiger partial charge in [-0.3, -0.25) is 14.4 Å². The van der Waals surface area contributed by atoms with Crippen molar-refractivity contribution in [2.75, 3.05) is 0 Å². The number of carbonyl (C=O) groups is 2. The molecule has 0 aromatic rings. The molecule has 0 amide bonds. The maximum absolute atomic E-state index is 12.0. The van der Waals surface area contributed by atoms with Crippen LogP contribution in [0.25, 0.3) is 0 Å². The van der Waals surface area contributed by atoms with E-state index in [1.165, 1.54) is 0 Å². The Labute approximate surface area is 152 Å². The molecule has 6 nitrogen and oxygen atoms in total. The molecule has 0 aliphatic carbocycles. The van der Waals surface area contributed by atoms with Crippen LogP contribution >= 0.6 is 0 Å². The molecule has 4 N–H and O–H groups in total. The minimum Gasteiger partial charge on any atom is -0.382 e. The van der Waals surface area contributed by atoms with Gasteiger partial charge in [0.2, 0.25) is 0 Å². The lowest BCUT2D eigenvalue weighted by molar-refractivity contribution is -0.155. The van der Waals surface area contributed by atoms with Crippen molar-refractivity contribution in [3.05, 3.63) is 0 Å². The van der Waals surface area contributed by atoms with E-state index in [2.05, 4.69) is 18.7 Å². The van der Waals surface area contributed by atoms with Gasteiger partial charge in [-0.05, 0) is 12.8 Å². The highest BCUT2D eigenvalue weighted by Gasteiger charge is 2.35. The maximum atomic E-state index is 12.0. The van der Waals surface area contributed by atoms with Crippen LogP contribution in [-0.4, -0.2) is 40.1 Å². The van der Waals surface area contributed by atoms with E-state index in [1.54, 1.807) is 0 Å². The van der Waals surface area contributed by atoms with Gasteiger partial charge in [0.25, 0.3) is 0 Å². The first-order valence-electron chi connectivity index (χ1n) is 9.76. The molecule has 0 radical (unpaired) electrons. The van der Waals surface area contributed by atoms with Crippen LogP contribution in [0, 0.1) is 0 Å². The molecule has 6 heteroatoms. The van der Waals surface area contributed by atoms with E-state index in [4.69, 9.17) is 5.90 Å². The van der Waals surface area contributed by atoms with Crippen LogP contribution in [0.4, 0.5) is 0 Å². The molecule has 2 unspecified atom stereocenters. The van der Waals surface area contributed by atoms with Crippen molar-refractivity contribution in [2.45, 2.75) is 109 Å². The van der Waals surface area contributed by atoms with Gasteiger partial charge in [-0.15, -0.1) is 0 Å². The summed E-state index contributed by atoms with van der Waals surface area (Å²) in [5.74, 6) is 4.23. The zero-order chi connectivity index (χ0) is 19.1. The molecule has 0 rings (SSSR count). The second-order valence-corrected chi connectivity index (χ2v) is 6.75. The number of hydrogen-bond acceptors (Lipinski definition) is 6. The van der Waals surface area contributed by atoms with Gasteiger partial charge in [0.1, 0.15) is 18.3 Å². The lowest BCUT2D eigenvalue weighted by atomic mass is 9.95. The maximum Gasteiger partial charge on any atom is 0.164 e. The molecule has 0 aliphatic heterocycles. The van der Waals surface area contributed by atoms with Crippen LogP contribution in [0.15, 0.2) is 0 Å². The first-order valence-corrected chi connectivity index (χ1v) is 9.76. The van der Waals surface area contributed by atoms with Crippen LogP contribution in [0.5, 0.6) is 0 Å². The van der Waals surface area contributed by atoms with Crippen LogP contribution in [0.3, 0.4) is 0 Å². The molecule has 0 aromatic heterocycles. The molecular formula is C19H37NO5. The van der Waals surface area contributed by atoms with E-state index in [0.29, 0.717) is 12.8 Å². The predicted octanol–water partition coefficient (Wildman–Crippen LogP) is 2.83. The fourth-order valence-electron chi connectivity index (χ4n) is 2.79. The average molecular weight is 360 g/mol. The van der Waals surface area contributed by atoms with Gasteiger partial charge >= 0.3 is 0 Å². The Kier molecular flexibility index (Phi) is 14.9. The summed E-state index contributed by atoms with van der Waals surface area (Å²) in [7, 11) is 0. The number of carbonyl (C=O) groups excluding carboxylic acids is 2. The van der Waals surface area contributed by atoms with Gasteiger partial charge in [-0.2, -0.15) is 0 Å². The Bertz CT molecular complexity index is 330. The zero-order valence-electron chi connectivity index (χ0n) is 15.9. The van der Waals surface area contributed by atoms with E-state index in [0.717, 1.165) is 51.4 Å². The highest BCUT2D eigenvalue weighted by Crippen LogP contribution is 2.14. The van der Waals surface area contributed by atoms with Crippen LogP contribution < -0.4 is 5.90 Å². The number of aliphatic hydroxyl groups excluding tert-OH is 2. The van der Waals surface area contributed by atoms with Gasteiger partial charge in [0, 0.05) is 12.8 Å². The van der Waals surface area contributed by atoms with Crippen molar-refractivity contribution in [1.29, 1.82) is 0 Å². The number of aliphatic hydroxyl groups is 2.